The summed E-state index contributed by atoms with van der Waals surface area (Å²) in [5.74, 6) is 0.556. The van der Waals surface area contributed by atoms with Gasteiger partial charge in [0.1, 0.15) is 0 Å². The van der Waals surface area contributed by atoms with Crippen molar-refractivity contribution >= 4 is 10.1 Å². The molecule has 2 atom stereocenters. The minimum Gasteiger partial charge on any atom is -0.266 e. The second-order valence-corrected chi connectivity index (χ2v) is 5.14. The van der Waals surface area contributed by atoms with Gasteiger partial charge < -0.3 is 0 Å². The first-order valence-electron chi connectivity index (χ1n) is 4.46. The van der Waals surface area contributed by atoms with E-state index in [9.17, 15) is 8.42 Å². The Morgan fingerprint density at radius 1 is 1.50 bits per heavy atom. The predicted octanol–water partition coefficient (Wildman–Crippen LogP) is 1.54. The number of rotatable bonds is 1. The van der Waals surface area contributed by atoms with Gasteiger partial charge in [0.25, 0.3) is 10.1 Å². The maximum absolute atomic E-state index is 11.2. The van der Waals surface area contributed by atoms with E-state index in [2.05, 4.69) is 6.92 Å². The molecular formula is C8H16O3S. The van der Waals surface area contributed by atoms with Crippen LogP contribution >= 0.6 is 0 Å². The summed E-state index contributed by atoms with van der Waals surface area (Å²) in [6.07, 6.45) is 2.37. The first-order valence-corrected chi connectivity index (χ1v) is 6.04. The molecule has 72 valence electrons. The van der Waals surface area contributed by atoms with Crippen molar-refractivity contribution in [1.82, 2.24) is 0 Å². The third kappa shape index (κ3) is 2.45. The maximum Gasteiger partial charge on any atom is 0.267 e. The highest BCUT2D eigenvalue weighted by Gasteiger charge is 2.26. The Kier molecular flexibility index (Phi) is 3.12. The molecule has 0 aliphatic carbocycles. The van der Waals surface area contributed by atoms with Gasteiger partial charge in [-0.2, -0.15) is 8.42 Å². The highest BCUT2D eigenvalue weighted by atomic mass is 32.2. The summed E-state index contributed by atoms with van der Waals surface area (Å²) in [5, 5.41) is 0. The minimum absolute atomic E-state index is 0.0995. The number of hydrogen-bond donors (Lipinski definition) is 0. The predicted molar refractivity (Wildman–Crippen MR) is 47.3 cm³/mol. The van der Waals surface area contributed by atoms with E-state index in [0.29, 0.717) is 5.92 Å². The van der Waals surface area contributed by atoms with Crippen LogP contribution in [-0.4, -0.2) is 20.3 Å². The van der Waals surface area contributed by atoms with Crippen molar-refractivity contribution in [1.29, 1.82) is 0 Å². The summed E-state index contributed by atoms with van der Waals surface area (Å²) in [6.45, 7) is 4.01. The van der Waals surface area contributed by atoms with Gasteiger partial charge >= 0.3 is 0 Å². The van der Waals surface area contributed by atoms with Crippen molar-refractivity contribution < 1.29 is 12.6 Å². The molecule has 0 aromatic rings. The molecule has 1 saturated heterocycles. The molecule has 1 fully saturated rings. The van der Waals surface area contributed by atoms with Crippen molar-refractivity contribution in [2.45, 2.75) is 39.2 Å². The van der Waals surface area contributed by atoms with Gasteiger partial charge in [-0.1, -0.05) is 13.8 Å². The zero-order valence-electron chi connectivity index (χ0n) is 7.62. The van der Waals surface area contributed by atoms with E-state index in [1.165, 1.54) is 0 Å². The molecule has 12 heavy (non-hydrogen) atoms. The summed E-state index contributed by atoms with van der Waals surface area (Å²) in [4.78, 5) is 0. The average molecular weight is 192 g/mol. The van der Waals surface area contributed by atoms with E-state index in [1.807, 2.05) is 6.92 Å². The maximum atomic E-state index is 11.2. The van der Waals surface area contributed by atoms with Gasteiger partial charge in [0.2, 0.25) is 0 Å². The van der Waals surface area contributed by atoms with Crippen LogP contribution < -0.4 is 0 Å². The lowest BCUT2D eigenvalue weighted by atomic mass is 9.98. The van der Waals surface area contributed by atoms with Gasteiger partial charge in [-0.15, -0.1) is 0 Å². The molecule has 0 aromatic heterocycles. The Bertz CT molecular complexity index is 233. The second-order valence-electron chi connectivity index (χ2n) is 3.42. The number of hydrogen-bond acceptors (Lipinski definition) is 3. The van der Waals surface area contributed by atoms with Gasteiger partial charge in [0, 0.05) is 0 Å². The van der Waals surface area contributed by atoms with Gasteiger partial charge in [0.05, 0.1) is 11.9 Å². The SMILES string of the molecule is CCC1OS(=O)(=O)CCCC1C. The van der Waals surface area contributed by atoms with Crippen molar-refractivity contribution in [3.05, 3.63) is 0 Å². The quantitative estimate of drug-likeness (QED) is 0.592. The van der Waals surface area contributed by atoms with Crippen molar-refractivity contribution in [3.8, 4) is 0 Å². The molecule has 0 radical (unpaired) electrons. The second kappa shape index (κ2) is 3.75. The Labute approximate surface area is 74.2 Å². The lowest BCUT2D eigenvalue weighted by molar-refractivity contribution is 0.149. The summed E-state index contributed by atoms with van der Waals surface area (Å²) in [5.41, 5.74) is 0. The molecule has 0 saturated carbocycles. The van der Waals surface area contributed by atoms with Gasteiger partial charge in [-0.05, 0) is 25.2 Å². The minimum atomic E-state index is -3.21. The highest BCUT2D eigenvalue weighted by molar-refractivity contribution is 7.86. The molecule has 1 aliphatic heterocycles. The van der Waals surface area contributed by atoms with Crippen LogP contribution in [0.2, 0.25) is 0 Å². The van der Waals surface area contributed by atoms with Gasteiger partial charge in [-0.3, -0.25) is 4.18 Å². The van der Waals surface area contributed by atoms with Crippen LogP contribution in [0, 0.1) is 5.92 Å². The zero-order valence-corrected chi connectivity index (χ0v) is 8.43. The van der Waals surface area contributed by atoms with Crippen molar-refractivity contribution in [3.63, 3.8) is 0 Å². The van der Waals surface area contributed by atoms with Crippen LogP contribution in [-0.2, 0) is 14.3 Å². The largest absolute Gasteiger partial charge is 0.267 e. The van der Waals surface area contributed by atoms with Crippen LogP contribution in [0.15, 0.2) is 0 Å². The Hall–Kier alpha value is -0.0900. The van der Waals surface area contributed by atoms with E-state index >= 15 is 0 Å². The van der Waals surface area contributed by atoms with E-state index in [-0.39, 0.29) is 11.9 Å². The summed E-state index contributed by atoms with van der Waals surface area (Å²) < 4.78 is 27.4. The molecule has 4 heteroatoms. The molecule has 0 N–H and O–H groups in total. The molecule has 2 unspecified atom stereocenters. The third-order valence-electron chi connectivity index (χ3n) is 2.36. The standard InChI is InChI=1S/C8H16O3S/c1-3-8-7(2)5-4-6-12(9,10)11-8/h7-8H,3-6H2,1-2H3. The van der Waals surface area contributed by atoms with Crippen LogP contribution in [0.25, 0.3) is 0 Å². The van der Waals surface area contributed by atoms with Gasteiger partial charge in [-0.25, -0.2) is 0 Å². The van der Waals surface area contributed by atoms with E-state index in [0.717, 1.165) is 19.3 Å². The molecular weight excluding hydrogens is 176 g/mol. The lowest BCUT2D eigenvalue weighted by Crippen LogP contribution is -2.22. The van der Waals surface area contributed by atoms with Crippen LogP contribution in [0.5, 0.6) is 0 Å². The lowest BCUT2D eigenvalue weighted by Gasteiger charge is -2.17. The van der Waals surface area contributed by atoms with Gasteiger partial charge in [0.15, 0.2) is 0 Å². The van der Waals surface area contributed by atoms with E-state index in [1.54, 1.807) is 0 Å². The molecule has 1 rings (SSSR count). The normalized spacial score (nSPS) is 35.8. The van der Waals surface area contributed by atoms with Crippen molar-refractivity contribution in [2.24, 2.45) is 5.92 Å². The summed E-state index contributed by atoms with van der Waals surface area (Å²) >= 11 is 0. The van der Waals surface area contributed by atoms with E-state index < -0.39 is 10.1 Å². The van der Waals surface area contributed by atoms with Crippen LogP contribution in [0.4, 0.5) is 0 Å². The fourth-order valence-corrected chi connectivity index (χ4v) is 2.89. The first kappa shape index (κ1) is 9.99. The van der Waals surface area contributed by atoms with E-state index in [4.69, 9.17) is 4.18 Å². The molecule has 1 aliphatic rings. The monoisotopic (exact) mass is 192 g/mol. The third-order valence-corrected chi connectivity index (χ3v) is 3.69. The smallest absolute Gasteiger partial charge is 0.266 e. The fourth-order valence-electron chi connectivity index (χ4n) is 1.57. The zero-order chi connectivity index (χ0) is 9.19. The molecule has 1 heterocycles. The molecule has 0 amide bonds. The molecule has 0 spiro atoms. The Morgan fingerprint density at radius 3 is 2.75 bits per heavy atom. The molecule has 0 bridgehead atoms. The molecule has 0 aromatic carbocycles. The highest BCUT2D eigenvalue weighted by Crippen LogP contribution is 2.23. The topological polar surface area (TPSA) is 43.4 Å². The average Bonchev–Trinajstić information content (AvgIpc) is 2.10. The Morgan fingerprint density at radius 2 is 2.17 bits per heavy atom. The molecule has 3 nitrogen and oxygen atoms in total. The summed E-state index contributed by atoms with van der Waals surface area (Å²) in [7, 11) is -3.21. The fraction of sp³-hybridized carbons (Fsp3) is 1.00. The Balaban J connectivity index is 2.72. The van der Waals surface area contributed by atoms with Crippen molar-refractivity contribution in [2.75, 3.05) is 5.75 Å². The van der Waals surface area contributed by atoms with Crippen LogP contribution in [0.3, 0.4) is 0 Å². The summed E-state index contributed by atoms with van der Waals surface area (Å²) in [6, 6.07) is 0. The first-order chi connectivity index (χ1) is 5.55. The van der Waals surface area contributed by atoms with Crippen LogP contribution in [0.1, 0.15) is 33.1 Å².